The molecule has 92 valence electrons. The largest absolute Gasteiger partial charge is 0.361 e. The normalized spacial score (nSPS) is 12.8. The van der Waals surface area contributed by atoms with Gasteiger partial charge in [0, 0.05) is 28.9 Å². The highest BCUT2D eigenvalue weighted by molar-refractivity contribution is 7.84. The van der Waals surface area contributed by atoms with Crippen molar-refractivity contribution in [2.24, 2.45) is 0 Å². The third kappa shape index (κ3) is 3.18. The Morgan fingerprint density at radius 2 is 2.35 bits per heavy atom. The first kappa shape index (κ1) is 12.8. The minimum Gasteiger partial charge on any atom is -0.361 e. The van der Waals surface area contributed by atoms with Crippen LogP contribution in [0.1, 0.15) is 6.92 Å². The summed E-state index contributed by atoms with van der Waals surface area (Å²) in [7, 11) is -0.734. The van der Waals surface area contributed by atoms with E-state index in [9.17, 15) is 4.21 Å². The Balaban J connectivity index is 2.05. The fourth-order valence-electron chi connectivity index (χ4n) is 1.41. The van der Waals surface area contributed by atoms with Crippen molar-refractivity contribution in [2.45, 2.75) is 6.92 Å². The molecule has 1 atom stereocenters. The van der Waals surface area contributed by atoms with E-state index in [0.717, 1.165) is 20.4 Å². The van der Waals surface area contributed by atoms with E-state index < -0.39 is 10.8 Å². The standard InChI is InChI=1S/C11H13ClN2OS2/c1-2-17(15)7-6-13-11-14-9-5-3-4-8(12)10(9)16-11/h3-5H,2,6-7H2,1H3,(H,13,14). The van der Waals surface area contributed by atoms with Crippen LogP contribution >= 0.6 is 22.9 Å². The molecule has 0 saturated heterocycles. The van der Waals surface area contributed by atoms with Crippen molar-refractivity contribution < 1.29 is 4.21 Å². The van der Waals surface area contributed by atoms with E-state index in [1.165, 1.54) is 11.3 Å². The van der Waals surface area contributed by atoms with Crippen LogP contribution in [-0.2, 0) is 10.8 Å². The van der Waals surface area contributed by atoms with E-state index in [0.29, 0.717) is 18.1 Å². The van der Waals surface area contributed by atoms with Gasteiger partial charge in [0.15, 0.2) is 5.13 Å². The summed E-state index contributed by atoms with van der Waals surface area (Å²) < 4.78 is 12.3. The van der Waals surface area contributed by atoms with Crippen LogP contribution in [0.25, 0.3) is 10.2 Å². The summed E-state index contributed by atoms with van der Waals surface area (Å²) in [6.45, 7) is 2.60. The number of anilines is 1. The first-order chi connectivity index (χ1) is 8.20. The van der Waals surface area contributed by atoms with Crippen LogP contribution in [0.4, 0.5) is 5.13 Å². The summed E-state index contributed by atoms with van der Waals surface area (Å²) in [5, 5.41) is 4.74. The van der Waals surface area contributed by atoms with Crippen molar-refractivity contribution in [2.75, 3.05) is 23.4 Å². The summed E-state index contributed by atoms with van der Waals surface area (Å²) in [6, 6.07) is 5.69. The fourth-order valence-corrected chi connectivity index (χ4v) is 3.21. The van der Waals surface area contributed by atoms with Crippen molar-refractivity contribution in [1.29, 1.82) is 0 Å². The second-order valence-corrected chi connectivity index (χ2v) is 6.74. The lowest BCUT2D eigenvalue weighted by atomic mass is 10.3. The summed E-state index contributed by atoms with van der Waals surface area (Å²) in [6.07, 6.45) is 0. The van der Waals surface area contributed by atoms with Gasteiger partial charge in [-0.05, 0) is 12.1 Å². The minimum absolute atomic E-state index is 0.653. The number of nitrogens with one attached hydrogen (secondary N) is 1. The van der Waals surface area contributed by atoms with Gasteiger partial charge in [0.1, 0.15) is 0 Å². The van der Waals surface area contributed by atoms with Crippen LogP contribution < -0.4 is 5.32 Å². The molecule has 0 aliphatic carbocycles. The molecule has 0 spiro atoms. The number of thiazole rings is 1. The Morgan fingerprint density at radius 3 is 3.06 bits per heavy atom. The summed E-state index contributed by atoms with van der Waals surface area (Å²) >= 11 is 7.60. The van der Waals surface area contributed by atoms with Crippen LogP contribution in [-0.4, -0.2) is 27.2 Å². The van der Waals surface area contributed by atoms with Crippen LogP contribution in [0, 0.1) is 0 Å². The highest BCUT2D eigenvalue weighted by Gasteiger charge is 2.06. The van der Waals surface area contributed by atoms with Crippen molar-refractivity contribution in [3.05, 3.63) is 23.2 Å². The molecule has 3 nitrogen and oxygen atoms in total. The average molecular weight is 289 g/mol. The molecule has 1 unspecified atom stereocenters. The lowest BCUT2D eigenvalue weighted by Gasteiger charge is -2.00. The first-order valence-corrected chi connectivity index (χ1v) is 8.03. The predicted molar refractivity (Wildman–Crippen MR) is 76.7 cm³/mol. The van der Waals surface area contributed by atoms with Gasteiger partial charge in [0.2, 0.25) is 0 Å². The van der Waals surface area contributed by atoms with Gasteiger partial charge in [-0.2, -0.15) is 0 Å². The molecule has 2 rings (SSSR count). The lowest BCUT2D eigenvalue weighted by Crippen LogP contribution is -2.11. The van der Waals surface area contributed by atoms with Crippen molar-refractivity contribution in [3.63, 3.8) is 0 Å². The zero-order valence-corrected chi connectivity index (χ0v) is 11.8. The van der Waals surface area contributed by atoms with Crippen LogP contribution in [0.3, 0.4) is 0 Å². The molecule has 0 aliphatic heterocycles. The van der Waals surface area contributed by atoms with E-state index >= 15 is 0 Å². The van der Waals surface area contributed by atoms with E-state index in [2.05, 4.69) is 10.3 Å². The number of nitrogens with zero attached hydrogens (tertiary/aromatic N) is 1. The van der Waals surface area contributed by atoms with Gasteiger partial charge in [-0.25, -0.2) is 4.98 Å². The summed E-state index contributed by atoms with van der Waals surface area (Å²) in [5.74, 6) is 1.35. The van der Waals surface area contributed by atoms with Gasteiger partial charge in [-0.15, -0.1) is 0 Å². The van der Waals surface area contributed by atoms with E-state index in [-0.39, 0.29) is 0 Å². The third-order valence-electron chi connectivity index (χ3n) is 2.29. The SMILES string of the molecule is CCS(=O)CCNc1nc2cccc(Cl)c2s1. The van der Waals surface area contributed by atoms with Crippen molar-refractivity contribution in [1.82, 2.24) is 4.98 Å². The maximum Gasteiger partial charge on any atom is 0.183 e. The van der Waals surface area contributed by atoms with Crippen molar-refractivity contribution in [3.8, 4) is 0 Å². The number of aromatic nitrogens is 1. The molecule has 6 heteroatoms. The summed E-state index contributed by atoms with van der Waals surface area (Å²) in [4.78, 5) is 4.42. The quantitative estimate of drug-likeness (QED) is 0.919. The number of hydrogen-bond acceptors (Lipinski definition) is 4. The van der Waals surface area contributed by atoms with Crippen molar-refractivity contribution >= 4 is 49.1 Å². The van der Waals surface area contributed by atoms with E-state index in [1.54, 1.807) is 0 Å². The molecule has 2 aromatic rings. The van der Waals surface area contributed by atoms with E-state index in [4.69, 9.17) is 11.6 Å². The molecule has 0 radical (unpaired) electrons. The number of halogens is 1. The molecule has 0 saturated carbocycles. The van der Waals surface area contributed by atoms with Crippen LogP contribution in [0.15, 0.2) is 18.2 Å². The third-order valence-corrected chi connectivity index (χ3v) is 5.09. The number of benzene rings is 1. The second kappa shape index (κ2) is 5.80. The van der Waals surface area contributed by atoms with Crippen LogP contribution in [0.5, 0.6) is 0 Å². The highest BCUT2D eigenvalue weighted by Crippen LogP contribution is 2.31. The zero-order chi connectivity index (χ0) is 12.3. The molecule has 0 fully saturated rings. The van der Waals surface area contributed by atoms with E-state index in [1.807, 2.05) is 25.1 Å². The first-order valence-electron chi connectivity index (χ1n) is 5.34. The molecular formula is C11H13ClN2OS2. The average Bonchev–Trinajstić information content (AvgIpc) is 2.73. The molecule has 0 amide bonds. The molecule has 0 bridgehead atoms. The monoisotopic (exact) mass is 288 g/mol. The summed E-state index contributed by atoms with van der Waals surface area (Å²) in [5.41, 5.74) is 0.904. The molecule has 0 aliphatic rings. The maximum absolute atomic E-state index is 11.3. The topological polar surface area (TPSA) is 42.0 Å². The molecule has 1 heterocycles. The highest BCUT2D eigenvalue weighted by atomic mass is 35.5. The van der Waals surface area contributed by atoms with Gasteiger partial charge >= 0.3 is 0 Å². The lowest BCUT2D eigenvalue weighted by molar-refractivity contribution is 0.684. The molecule has 1 aromatic carbocycles. The predicted octanol–water partition coefficient (Wildman–Crippen LogP) is 3.13. The number of rotatable bonds is 5. The van der Waals surface area contributed by atoms with Gasteiger partial charge in [-0.1, -0.05) is 35.9 Å². The molecule has 1 aromatic heterocycles. The number of hydrogen-bond donors (Lipinski definition) is 1. The molecule has 17 heavy (non-hydrogen) atoms. The van der Waals surface area contributed by atoms with Crippen LogP contribution in [0.2, 0.25) is 5.02 Å². The minimum atomic E-state index is -0.734. The van der Waals surface area contributed by atoms with Gasteiger partial charge in [-0.3, -0.25) is 4.21 Å². The van der Waals surface area contributed by atoms with Gasteiger partial charge in [0.25, 0.3) is 0 Å². The second-order valence-electron chi connectivity index (χ2n) is 3.47. The van der Waals surface area contributed by atoms with Gasteiger partial charge < -0.3 is 5.32 Å². The zero-order valence-electron chi connectivity index (χ0n) is 9.40. The Kier molecular flexibility index (Phi) is 4.36. The number of fused-ring (bicyclic) bond motifs is 1. The maximum atomic E-state index is 11.3. The molecule has 1 N–H and O–H groups in total. The Hall–Kier alpha value is -0.650. The molecular weight excluding hydrogens is 276 g/mol. The Morgan fingerprint density at radius 1 is 1.53 bits per heavy atom. The Labute approximate surface area is 112 Å². The smallest absolute Gasteiger partial charge is 0.183 e. The Bertz CT molecular complexity index is 541. The van der Waals surface area contributed by atoms with Gasteiger partial charge in [0.05, 0.1) is 15.2 Å². The fraction of sp³-hybridized carbons (Fsp3) is 0.364.